The first kappa shape index (κ1) is 25.4. The van der Waals surface area contributed by atoms with Crippen molar-refractivity contribution in [2.45, 2.75) is 20.0 Å². The van der Waals surface area contributed by atoms with Crippen LogP contribution >= 0.6 is 0 Å². The maximum atomic E-state index is 13.4. The van der Waals surface area contributed by atoms with Crippen LogP contribution in [-0.2, 0) is 13.1 Å². The van der Waals surface area contributed by atoms with Gasteiger partial charge in [-0.2, -0.15) is 0 Å². The normalized spacial score (nSPS) is 11.8. The van der Waals surface area contributed by atoms with Gasteiger partial charge in [0.2, 0.25) is 0 Å². The SMILES string of the molecule is C=C(/C=c1/c(CN)ccc/c1=C/C)NC(=O)NCCN(C)C(=O)NCc1cccc(F)c1O. The Balaban J connectivity index is 1.82. The van der Waals surface area contributed by atoms with Gasteiger partial charge in [-0.05, 0) is 35.1 Å². The molecule has 0 atom stereocenters. The standard InChI is InChI=1S/C24H30FN5O3/c1-4-17-7-5-8-18(14-26)20(17)13-16(2)29-23(32)27-11-12-30(3)24(33)28-15-19-9-6-10-21(25)22(19)31/h4-10,13,31H,2,11-12,14-15,26H2,1,3H3,(H,28,33)(H2,27,29,32)/b17-4-,20-13+. The first-order valence-electron chi connectivity index (χ1n) is 10.4. The molecule has 0 radical (unpaired) electrons. The molecule has 0 aliphatic heterocycles. The summed E-state index contributed by atoms with van der Waals surface area (Å²) >= 11 is 0. The number of allylic oxidation sites excluding steroid dienone is 1. The fourth-order valence-corrected chi connectivity index (χ4v) is 3.09. The van der Waals surface area contributed by atoms with E-state index in [4.69, 9.17) is 5.73 Å². The zero-order chi connectivity index (χ0) is 24.4. The van der Waals surface area contributed by atoms with Gasteiger partial charge in [0, 0.05) is 44.5 Å². The number of carbonyl (C=O) groups is 2. The second-order valence-electron chi connectivity index (χ2n) is 7.29. The Morgan fingerprint density at radius 2 is 1.88 bits per heavy atom. The third kappa shape index (κ3) is 7.36. The molecule has 0 heterocycles. The number of rotatable bonds is 8. The minimum absolute atomic E-state index is 0.0300. The van der Waals surface area contributed by atoms with E-state index < -0.39 is 23.6 Å². The van der Waals surface area contributed by atoms with Crippen LogP contribution in [0.4, 0.5) is 14.0 Å². The van der Waals surface area contributed by atoms with Crippen molar-refractivity contribution < 1.29 is 19.1 Å². The Morgan fingerprint density at radius 1 is 1.18 bits per heavy atom. The number of urea groups is 2. The Bertz CT molecular complexity index is 1130. The zero-order valence-electron chi connectivity index (χ0n) is 18.8. The zero-order valence-corrected chi connectivity index (χ0v) is 18.8. The first-order valence-corrected chi connectivity index (χ1v) is 10.4. The van der Waals surface area contributed by atoms with E-state index >= 15 is 0 Å². The lowest BCUT2D eigenvalue weighted by atomic mass is 10.1. The van der Waals surface area contributed by atoms with E-state index in [1.165, 1.54) is 17.0 Å². The second-order valence-corrected chi connectivity index (χ2v) is 7.29. The van der Waals surface area contributed by atoms with Gasteiger partial charge in [-0.25, -0.2) is 14.0 Å². The summed E-state index contributed by atoms with van der Waals surface area (Å²) in [5, 5.41) is 19.4. The molecule has 8 nitrogen and oxygen atoms in total. The van der Waals surface area contributed by atoms with Crippen molar-refractivity contribution in [2.75, 3.05) is 20.1 Å². The number of halogens is 1. The number of benzene rings is 2. The number of para-hydroxylation sites is 1. The van der Waals surface area contributed by atoms with Crippen molar-refractivity contribution in [1.29, 1.82) is 0 Å². The van der Waals surface area contributed by atoms with E-state index in [0.717, 1.165) is 22.1 Å². The van der Waals surface area contributed by atoms with Crippen LogP contribution in [0.25, 0.3) is 12.2 Å². The van der Waals surface area contributed by atoms with Gasteiger partial charge in [-0.3, -0.25) is 0 Å². The highest BCUT2D eigenvalue weighted by molar-refractivity contribution is 5.78. The molecule has 0 saturated heterocycles. The van der Waals surface area contributed by atoms with E-state index in [1.807, 2.05) is 31.2 Å². The lowest BCUT2D eigenvalue weighted by Crippen LogP contribution is -2.43. The number of hydrogen-bond acceptors (Lipinski definition) is 4. The number of phenols is 1. The van der Waals surface area contributed by atoms with Gasteiger partial charge in [0.15, 0.2) is 11.6 Å². The number of nitrogens with two attached hydrogens (primary N) is 1. The monoisotopic (exact) mass is 455 g/mol. The molecule has 0 fully saturated rings. The highest BCUT2D eigenvalue weighted by Gasteiger charge is 2.11. The fraction of sp³-hybridized carbons (Fsp3) is 0.250. The smallest absolute Gasteiger partial charge is 0.319 e. The Kier molecular flexibility index (Phi) is 9.44. The second kappa shape index (κ2) is 12.3. The van der Waals surface area contributed by atoms with Gasteiger partial charge in [0.05, 0.1) is 0 Å². The number of amides is 4. The summed E-state index contributed by atoms with van der Waals surface area (Å²) in [7, 11) is 1.56. The van der Waals surface area contributed by atoms with Gasteiger partial charge in [-0.15, -0.1) is 0 Å². The number of phenolic OH excluding ortho intramolecular Hbond substituents is 1. The Morgan fingerprint density at radius 3 is 2.58 bits per heavy atom. The number of likely N-dealkylation sites (N-methyl/N-ethyl adjacent to an activating group) is 1. The van der Waals surface area contributed by atoms with Gasteiger partial charge in [0.1, 0.15) is 0 Å². The van der Waals surface area contributed by atoms with E-state index in [9.17, 15) is 19.1 Å². The molecule has 0 aliphatic rings. The molecule has 33 heavy (non-hydrogen) atoms. The largest absolute Gasteiger partial charge is 0.505 e. The molecule has 2 aromatic carbocycles. The molecule has 0 aliphatic carbocycles. The lowest BCUT2D eigenvalue weighted by molar-refractivity contribution is 0.207. The van der Waals surface area contributed by atoms with Crippen molar-refractivity contribution in [2.24, 2.45) is 5.73 Å². The predicted octanol–water partition coefficient (Wildman–Crippen LogP) is 1.23. The molecule has 6 N–H and O–H groups in total. The highest BCUT2D eigenvalue weighted by Crippen LogP contribution is 2.20. The van der Waals surface area contributed by atoms with E-state index in [0.29, 0.717) is 12.2 Å². The summed E-state index contributed by atoms with van der Waals surface area (Å²) in [4.78, 5) is 25.7. The van der Waals surface area contributed by atoms with Crippen molar-refractivity contribution >= 4 is 24.2 Å². The highest BCUT2D eigenvalue weighted by atomic mass is 19.1. The summed E-state index contributed by atoms with van der Waals surface area (Å²) < 4.78 is 13.4. The average molecular weight is 456 g/mol. The maximum absolute atomic E-state index is 13.4. The van der Waals surface area contributed by atoms with Crippen molar-refractivity contribution in [3.63, 3.8) is 0 Å². The van der Waals surface area contributed by atoms with Crippen LogP contribution in [-0.4, -0.2) is 42.2 Å². The fourth-order valence-electron chi connectivity index (χ4n) is 3.09. The first-order chi connectivity index (χ1) is 15.8. The van der Waals surface area contributed by atoms with Crippen LogP contribution in [0, 0.1) is 5.82 Å². The topological polar surface area (TPSA) is 120 Å². The molecular weight excluding hydrogens is 425 g/mol. The quantitative estimate of drug-likeness (QED) is 0.411. The van der Waals surface area contributed by atoms with E-state index in [1.54, 1.807) is 13.1 Å². The van der Waals surface area contributed by atoms with Crippen LogP contribution in [0.15, 0.2) is 48.7 Å². The molecule has 4 amide bonds. The number of aromatic hydroxyl groups is 1. The van der Waals surface area contributed by atoms with Gasteiger partial charge in [0.25, 0.3) is 0 Å². The summed E-state index contributed by atoms with van der Waals surface area (Å²) in [5.74, 6) is -1.24. The van der Waals surface area contributed by atoms with Crippen molar-refractivity contribution in [3.05, 3.63) is 76.1 Å². The van der Waals surface area contributed by atoms with Crippen molar-refractivity contribution in [1.82, 2.24) is 20.9 Å². The lowest BCUT2D eigenvalue weighted by Gasteiger charge is -2.18. The molecule has 0 saturated carbocycles. The number of carbonyl (C=O) groups excluding carboxylic acids is 2. The van der Waals surface area contributed by atoms with Gasteiger partial charge in [-0.1, -0.05) is 43.0 Å². The molecule has 0 spiro atoms. The Hall–Kier alpha value is -3.85. The predicted molar refractivity (Wildman–Crippen MR) is 127 cm³/mol. The van der Waals surface area contributed by atoms with Crippen LogP contribution in [0.5, 0.6) is 5.75 Å². The third-order valence-corrected chi connectivity index (χ3v) is 4.93. The minimum atomic E-state index is -0.750. The van der Waals surface area contributed by atoms with E-state index in [2.05, 4.69) is 22.5 Å². The van der Waals surface area contributed by atoms with Gasteiger partial charge < -0.3 is 31.7 Å². The molecule has 176 valence electrons. The van der Waals surface area contributed by atoms with Crippen LogP contribution in [0.2, 0.25) is 0 Å². The summed E-state index contributed by atoms with van der Waals surface area (Å²) in [5.41, 5.74) is 7.41. The maximum Gasteiger partial charge on any atom is 0.319 e. The molecule has 0 bridgehead atoms. The average Bonchev–Trinajstić information content (AvgIpc) is 2.79. The molecule has 2 rings (SSSR count). The van der Waals surface area contributed by atoms with Gasteiger partial charge >= 0.3 is 12.1 Å². The summed E-state index contributed by atoms with van der Waals surface area (Å²) in [6, 6.07) is 9.01. The number of nitrogens with zero attached hydrogens (tertiary/aromatic N) is 1. The van der Waals surface area contributed by atoms with Crippen LogP contribution in [0.1, 0.15) is 18.1 Å². The minimum Gasteiger partial charge on any atom is -0.505 e. The number of nitrogens with one attached hydrogen (secondary N) is 3. The van der Waals surface area contributed by atoms with E-state index in [-0.39, 0.29) is 25.2 Å². The molecule has 2 aromatic rings. The molecule has 0 aromatic heterocycles. The molecule has 0 unspecified atom stereocenters. The summed E-state index contributed by atoms with van der Waals surface area (Å²) in [6.45, 7) is 6.55. The molecular formula is C24H30FN5O3. The third-order valence-electron chi connectivity index (χ3n) is 4.93. The molecule has 9 heteroatoms. The van der Waals surface area contributed by atoms with Crippen LogP contribution in [0.3, 0.4) is 0 Å². The summed E-state index contributed by atoms with van der Waals surface area (Å²) in [6.07, 6.45) is 3.72. The Labute approximate surface area is 192 Å². The number of hydrogen-bond donors (Lipinski definition) is 5. The van der Waals surface area contributed by atoms with Crippen LogP contribution < -0.4 is 32.1 Å². The van der Waals surface area contributed by atoms with Crippen molar-refractivity contribution in [3.8, 4) is 5.75 Å².